The molecule has 1 N–H and O–H groups in total. The Morgan fingerprint density at radius 2 is 1.89 bits per heavy atom. The van der Waals surface area contributed by atoms with Crippen LogP contribution in [0, 0.1) is 6.92 Å². The predicted octanol–water partition coefficient (Wildman–Crippen LogP) is 7.45. The predicted molar refractivity (Wildman–Crippen MR) is 139 cm³/mol. The van der Waals surface area contributed by atoms with Crippen molar-refractivity contribution in [2.24, 2.45) is 10.2 Å². The molecule has 0 saturated heterocycles. The molecule has 0 radical (unpaired) electrons. The Morgan fingerprint density at radius 1 is 1.09 bits per heavy atom. The number of fused-ring (bicyclic) bond motifs is 1. The van der Waals surface area contributed by atoms with Crippen LogP contribution in [0.5, 0.6) is 5.88 Å². The molecule has 35 heavy (non-hydrogen) atoms. The van der Waals surface area contributed by atoms with E-state index in [1.54, 1.807) is 17.5 Å². The van der Waals surface area contributed by atoms with Gasteiger partial charge >= 0.3 is 5.63 Å². The van der Waals surface area contributed by atoms with E-state index in [-0.39, 0.29) is 5.88 Å². The number of aromatic hydroxyl groups is 1. The van der Waals surface area contributed by atoms with Crippen molar-refractivity contribution in [2.75, 3.05) is 0 Å². The van der Waals surface area contributed by atoms with Crippen molar-refractivity contribution in [1.29, 1.82) is 0 Å². The van der Waals surface area contributed by atoms with Crippen molar-refractivity contribution in [3.8, 4) is 17.1 Å². The molecule has 0 saturated carbocycles. The van der Waals surface area contributed by atoms with Crippen LogP contribution in [0.2, 0.25) is 0 Å². The van der Waals surface area contributed by atoms with E-state index >= 15 is 0 Å². The molecule has 4 heterocycles. The molecule has 0 amide bonds. The summed E-state index contributed by atoms with van der Waals surface area (Å²) in [7, 11) is 0. The number of aryl methyl sites for hydroxylation is 1. The zero-order valence-electron chi connectivity index (χ0n) is 19.7. The van der Waals surface area contributed by atoms with E-state index in [0.717, 1.165) is 33.0 Å². The SMILES string of the molecule is CC1=CC(C)(C)n2c(O)c(N=Nc3nc(-c4cc5ccccc5oc4=O)cs3)c3cc(C)cc1c32. The Bertz CT molecular complexity index is 1790. The molecule has 8 heteroatoms. The van der Waals surface area contributed by atoms with Gasteiger partial charge in [-0.3, -0.25) is 0 Å². The smallest absolute Gasteiger partial charge is 0.345 e. The van der Waals surface area contributed by atoms with E-state index in [2.05, 4.69) is 48.1 Å². The highest BCUT2D eigenvalue weighted by atomic mass is 32.1. The maximum absolute atomic E-state index is 12.5. The first kappa shape index (κ1) is 21.5. The molecule has 0 spiro atoms. The Balaban J connectivity index is 1.44. The van der Waals surface area contributed by atoms with Crippen LogP contribution in [-0.4, -0.2) is 14.7 Å². The summed E-state index contributed by atoms with van der Waals surface area (Å²) in [6.07, 6.45) is 2.15. The van der Waals surface area contributed by atoms with Gasteiger partial charge < -0.3 is 14.1 Å². The molecular weight excluding hydrogens is 460 g/mol. The number of allylic oxidation sites excluding steroid dienone is 2. The van der Waals surface area contributed by atoms with Gasteiger partial charge in [-0.15, -0.1) is 21.6 Å². The topological polar surface area (TPSA) is 93.0 Å². The lowest BCUT2D eigenvalue weighted by molar-refractivity contribution is 0.362. The van der Waals surface area contributed by atoms with Crippen LogP contribution in [-0.2, 0) is 5.54 Å². The summed E-state index contributed by atoms with van der Waals surface area (Å²) in [6, 6.07) is 13.3. The number of benzene rings is 2. The van der Waals surface area contributed by atoms with Gasteiger partial charge in [0.2, 0.25) is 11.0 Å². The van der Waals surface area contributed by atoms with Crippen LogP contribution in [0.1, 0.15) is 31.9 Å². The van der Waals surface area contributed by atoms with Crippen LogP contribution in [0.15, 0.2) is 73.4 Å². The first-order valence-corrected chi connectivity index (χ1v) is 12.1. The van der Waals surface area contributed by atoms with Crippen molar-refractivity contribution < 1.29 is 9.52 Å². The lowest BCUT2D eigenvalue weighted by Gasteiger charge is -2.31. The van der Waals surface area contributed by atoms with Crippen LogP contribution < -0.4 is 5.63 Å². The van der Waals surface area contributed by atoms with Crippen molar-refractivity contribution >= 4 is 49.6 Å². The van der Waals surface area contributed by atoms with Gasteiger partial charge in [0.25, 0.3) is 0 Å². The fraction of sp³-hybridized carbons (Fsp3) is 0.185. The number of hydrogen-bond acceptors (Lipinski definition) is 7. The lowest BCUT2D eigenvalue weighted by atomic mass is 9.91. The Morgan fingerprint density at radius 3 is 2.71 bits per heavy atom. The van der Waals surface area contributed by atoms with Crippen molar-refractivity contribution in [3.63, 3.8) is 0 Å². The number of hydrogen-bond donors (Lipinski definition) is 1. The molecule has 5 aromatic rings. The third kappa shape index (κ3) is 3.32. The Kier molecular flexibility index (Phi) is 4.59. The Hall–Kier alpha value is -4.04. The molecule has 174 valence electrons. The van der Waals surface area contributed by atoms with E-state index in [1.165, 1.54) is 11.3 Å². The van der Waals surface area contributed by atoms with Gasteiger partial charge in [0.1, 0.15) is 5.58 Å². The summed E-state index contributed by atoms with van der Waals surface area (Å²) in [6.45, 7) is 8.23. The molecule has 7 nitrogen and oxygen atoms in total. The van der Waals surface area contributed by atoms with E-state index in [0.29, 0.717) is 27.7 Å². The summed E-state index contributed by atoms with van der Waals surface area (Å²) >= 11 is 1.27. The van der Waals surface area contributed by atoms with Crippen LogP contribution in [0.3, 0.4) is 0 Å². The Labute approximate surface area is 204 Å². The van der Waals surface area contributed by atoms with Gasteiger partial charge in [0.05, 0.1) is 22.3 Å². The van der Waals surface area contributed by atoms with Crippen LogP contribution in [0.4, 0.5) is 10.8 Å². The van der Waals surface area contributed by atoms with Gasteiger partial charge in [-0.1, -0.05) is 24.3 Å². The quantitative estimate of drug-likeness (QED) is 0.213. The first-order valence-electron chi connectivity index (χ1n) is 11.2. The molecule has 0 unspecified atom stereocenters. The normalized spacial score (nSPS) is 14.8. The highest BCUT2D eigenvalue weighted by Crippen LogP contribution is 2.49. The van der Waals surface area contributed by atoms with Gasteiger partial charge in [-0.05, 0) is 63.1 Å². The molecule has 0 fully saturated rings. The van der Waals surface area contributed by atoms with Crippen molar-refractivity contribution in [3.05, 3.63) is 75.5 Å². The molecule has 3 aromatic heterocycles. The molecule has 2 aromatic carbocycles. The second-order valence-electron chi connectivity index (χ2n) is 9.40. The number of nitrogens with zero attached hydrogens (tertiary/aromatic N) is 4. The molecule has 0 aliphatic carbocycles. The average Bonchev–Trinajstić information content (AvgIpc) is 3.38. The number of para-hydroxylation sites is 1. The summed E-state index contributed by atoms with van der Waals surface area (Å²) in [4.78, 5) is 17.0. The van der Waals surface area contributed by atoms with E-state index in [1.807, 2.05) is 35.8 Å². The number of thiazole rings is 1. The van der Waals surface area contributed by atoms with Crippen molar-refractivity contribution in [2.45, 2.75) is 33.2 Å². The van der Waals surface area contributed by atoms with E-state index in [4.69, 9.17) is 4.42 Å². The van der Waals surface area contributed by atoms with Crippen LogP contribution in [0.25, 0.3) is 38.7 Å². The molecule has 6 rings (SSSR count). The van der Waals surface area contributed by atoms with Gasteiger partial charge in [-0.2, -0.15) is 0 Å². The fourth-order valence-electron chi connectivity index (χ4n) is 4.93. The van der Waals surface area contributed by atoms with Crippen LogP contribution >= 0.6 is 11.3 Å². The maximum Gasteiger partial charge on any atom is 0.345 e. The minimum absolute atomic E-state index is 0.0660. The van der Waals surface area contributed by atoms with Gasteiger partial charge in [0.15, 0.2) is 5.69 Å². The number of aromatic nitrogens is 2. The number of rotatable bonds is 3. The zero-order valence-corrected chi connectivity index (χ0v) is 20.5. The number of azo groups is 1. The third-order valence-corrected chi connectivity index (χ3v) is 7.10. The second-order valence-corrected chi connectivity index (χ2v) is 10.2. The summed E-state index contributed by atoms with van der Waals surface area (Å²) in [5.41, 5.74) is 5.18. The lowest BCUT2D eigenvalue weighted by Crippen LogP contribution is -2.26. The van der Waals surface area contributed by atoms with E-state index in [9.17, 15) is 9.90 Å². The summed E-state index contributed by atoms with van der Waals surface area (Å²) < 4.78 is 7.34. The highest BCUT2D eigenvalue weighted by Gasteiger charge is 2.32. The van der Waals surface area contributed by atoms with Crippen molar-refractivity contribution in [1.82, 2.24) is 9.55 Å². The molecule has 1 aliphatic rings. The standard InChI is InChI=1S/C27H22N4O3S/c1-14-9-17-15(2)12-27(3,4)31-23(17)19(10-14)22(24(31)32)29-30-26-28-20(13-35-26)18-11-16-7-5-6-8-21(16)34-25(18)33/h5-13,32H,1-4H3. The zero-order chi connectivity index (χ0) is 24.5. The maximum atomic E-state index is 12.5. The minimum atomic E-state index is -0.454. The minimum Gasteiger partial charge on any atom is -0.493 e. The fourth-order valence-corrected chi connectivity index (χ4v) is 5.57. The summed E-state index contributed by atoms with van der Waals surface area (Å²) in [5, 5.41) is 23.7. The van der Waals surface area contributed by atoms with Gasteiger partial charge in [0, 0.05) is 21.7 Å². The van der Waals surface area contributed by atoms with Gasteiger partial charge in [-0.25, -0.2) is 9.78 Å². The summed E-state index contributed by atoms with van der Waals surface area (Å²) in [5.74, 6) is 0.0660. The third-order valence-electron chi connectivity index (χ3n) is 6.37. The average molecular weight is 483 g/mol. The second kappa shape index (κ2) is 7.48. The molecule has 0 atom stereocenters. The monoisotopic (exact) mass is 482 g/mol. The molecular formula is C27H22N4O3S. The largest absolute Gasteiger partial charge is 0.493 e. The van der Waals surface area contributed by atoms with E-state index < -0.39 is 11.2 Å². The molecule has 1 aliphatic heterocycles. The first-order chi connectivity index (χ1) is 16.7. The highest BCUT2D eigenvalue weighted by molar-refractivity contribution is 7.13. The molecule has 0 bridgehead atoms.